The SMILES string of the molecule is Cc1cc(C(=O)CC2CCN(C(=O)OC(C)(C)C)C(C)C2)ccc1-c1ccc(C[C@H](CC(=O)C2CCC(CNC(=O)OC(C)(C)C)CC2)C(=O)Nc2ccc(C3=NCN=N3)cc2)cc1. The number of anilines is 1. The number of benzene rings is 3. The summed E-state index contributed by atoms with van der Waals surface area (Å²) in [5.74, 6) is 0.224. The number of azo groups is 1. The first-order chi connectivity index (χ1) is 30.3. The van der Waals surface area contributed by atoms with Crippen LogP contribution in [-0.4, -0.2) is 77.4 Å². The molecule has 0 radical (unpaired) electrons. The molecule has 3 aromatic carbocycles. The average Bonchev–Trinajstić information content (AvgIpc) is 3.78. The highest BCUT2D eigenvalue weighted by molar-refractivity contribution is 6.01. The number of hydrogen-bond acceptors (Lipinski definition) is 10. The smallest absolute Gasteiger partial charge is 0.410 e. The quantitative estimate of drug-likeness (QED) is 0.152. The summed E-state index contributed by atoms with van der Waals surface area (Å²) in [4.78, 5) is 72.3. The van der Waals surface area contributed by atoms with Gasteiger partial charge in [0.05, 0.1) is 0 Å². The van der Waals surface area contributed by atoms with Crippen molar-refractivity contribution in [1.29, 1.82) is 0 Å². The van der Waals surface area contributed by atoms with Gasteiger partial charge in [0.25, 0.3) is 0 Å². The van der Waals surface area contributed by atoms with E-state index in [1.54, 1.807) is 4.90 Å². The van der Waals surface area contributed by atoms with Crippen LogP contribution in [0.5, 0.6) is 0 Å². The lowest BCUT2D eigenvalue weighted by atomic mass is 9.77. The van der Waals surface area contributed by atoms with E-state index in [-0.39, 0.29) is 53.8 Å². The number of nitrogens with one attached hydrogen (secondary N) is 2. The Morgan fingerprint density at radius 1 is 0.812 bits per heavy atom. The van der Waals surface area contributed by atoms with Crippen molar-refractivity contribution in [2.75, 3.05) is 25.1 Å². The molecule has 2 fully saturated rings. The van der Waals surface area contributed by atoms with Gasteiger partial charge in [0.1, 0.15) is 17.0 Å². The lowest BCUT2D eigenvalue weighted by Gasteiger charge is -2.38. The van der Waals surface area contributed by atoms with Crippen LogP contribution < -0.4 is 10.6 Å². The standard InChI is InChI=1S/C51H66N6O7/c1-32-25-40(44(58)28-36-23-24-57(33(2)26-36)49(62)64-51(6,7)8)19-22-43(32)37-13-9-34(10-14-37)27-41(47(60)55-42-20-17-39(18-21-42)46-53-31-54-56-46)29-45(59)38-15-11-35(12-16-38)30-52-48(61)63-50(3,4)5/h9-10,13-14,17-22,25,33,35-36,38,41H,11-12,15-16,23-24,26-31H2,1-8H3,(H,52,61)(H,55,60)/t33?,35?,36?,38?,41-/m1/s1. The zero-order valence-electron chi connectivity index (χ0n) is 38.9. The Hall–Kier alpha value is -5.72. The number of aryl methyl sites for hydroxylation is 1. The number of alkyl carbamates (subject to hydrolysis) is 1. The van der Waals surface area contributed by atoms with Gasteiger partial charge in [-0.25, -0.2) is 14.6 Å². The number of carbonyl (C=O) groups excluding carboxylic acids is 5. The van der Waals surface area contributed by atoms with Crippen LogP contribution in [0, 0.1) is 30.6 Å². The molecule has 0 spiro atoms. The van der Waals surface area contributed by atoms with E-state index < -0.39 is 23.2 Å². The van der Waals surface area contributed by atoms with E-state index in [0.717, 1.165) is 53.5 Å². The summed E-state index contributed by atoms with van der Waals surface area (Å²) in [7, 11) is 0. The zero-order valence-corrected chi connectivity index (χ0v) is 38.9. The van der Waals surface area contributed by atoms with E-state index in [0.29, 0.717) is 62.5 Å². The molecule has 3 amide bonds. The average molecular weight is 875 g/mol. The van der Waals surface area contributed by atoms with Gasteiger partial charge in [0.15, 0.2) is 18.3 Å². The number of amidine groups is 1. The topological polar surface area (TPSA) is 168 Å². The number of likely N-dealkylation sites (tertiary alicyclic amines) is 1. The summed E-state index contributed by atoms with van der Waals surface area (Å²) in [6, 6.07) is 21.2. The molecule has 6 rings (SSSR count). The summed E-state index contributed by atoms with van der Waals surface area (Å²) in [6.07, 6.45) is 4.74. The van der Waals surface area contributed by atoms with Crippen LogP contribution in [0.1, 0.15) is 127 Å². The van der Waals surface area contributed by atoms with Crippen molar-refractivity contribution in [3.63, 3.8) is 0 Å². The third kappa shape index (κ3) is 13.6. The molecule has 3 aromatic rings. The summed E-state index contributed by atoms with van der Waals surface area (Å²) in [5, 5.41) is 13.9. The lowest BCUT2D eigenvalue weighted by Crippen LogP contribution is -2.47. The molecule has 13 heteroatoms. The molecule has 2 heterocycles. The number of rotatable bonds is 14. The van der Waals surface area contributed by atoms with E-state index in [4.69, 9.17) is 9.47 Å². The first-order valence-electron chi connectivity index (χ1n) is 22.9. The van der Waals surface area contributed by atoms with E-state index >= 15 is 0 Å². The summed E-state index contributed by atoms with van der Waals surface area (Å²) >= 11 is 0. The van der Waals surface area contributed by atoms with Crippen molar-refractivity contribution >= 4 is 41.2 Å². The van der Waals surface area contributed by atoms with Gasteiger partial charge < -0.3 is 25.0 Å². The van der Waals surface area contributed by atoms with Gasteiger partial charge in [-0.3, -0.25) is 14.4 Å². The minimum absolute atomic E-state index is 0.00474. The minimum atomic E-state index is -0.600. The fourth-order valence-corrected chi connectivity index (χ4v) is 8.91. The molecule has 0 aromatic heterocycles. The maximum absolute atomic E-state index is 14.0. The fourth-order valence-electron chi connectivity index (χ4n) is 8.91. The number of nitrogens with zero attached hydrogens (tertiary/aromatic N) is 4. The maximum atomic E-state index is 14.0. The molecule has 1 aliphatic carbocycles. The van der Waals surface area contributed by atoms with Crippen LogP contribution in [0.3, 0.4) is 0 Å². The molecular formula is C51H66N6O7. The number of amides is 3. The van der Waals surface area contributed by atoms with Crippen LogP contribution in [0.25, 0.3) is 11.1 Å². The summed E-state index contributed by atoms with van der Waals surface area (Å²) < 4.78 is 11.0. The molecule has 3 aliphatic rings. The van der Waals surface area contributed by atoms with E-state index in [2.05, 4.69) is 25.9 Å². The molecule has 2 unspecified atom stereocenters. The van der Waals surface area contributed by atoms with Gasteiger partial charge in [0, 0.05) is 60.6 Å². The minimum Gasteiger partial charge on any atom is -0.444 e. The monoisotopic (exact) mass is 874 g/mol. The van der Waals surface area contributed by atoms with Gasteiger partial charge in [0.2, 0.25) is 5.91 Å². The van der Waals surface area contributed by atoms with Crippen molar-refractivity contribution in [1.82, 2.24) is 10.2 Å². The number of hydrogen-bond donors (Lipinski definition) is 2. The predicted octanol–water partition coefficient (Wildman–Crippen LogP) is 10.5. The molecule has 13 nitrogen and oxygen atoms in total. The number of aliphatic imine (C=N–C) groups is 1. The largest absolute Gasteiger partial charge is 0.444 e. The highest BCUT2D eigenvalue weighted by Crippen LogP contribution is 2.33. The Morgan fingerprint density at radius 3 is 2.09 bits per heavy atom. The Bertz CT molecular complexity index is 2210. The number of Topliss-reactive ketones (excluding diaryl/α,β-unsaturated/α-hetero) is 2. The van der Waals surface area contributed by atoms with Crippen LogP contribution in [-0.2, 0) is 25.5 Å². The second-order valence-corrected chi connectivity index (χ2v) is 19.9. The molecule has 2 N–H and O–H groups in total. The third-order valence-corrected chi connectivity index (χ3v) is 12.3. The van der Waals surface area contributed by atoms with E-state index in [1.165, 1.54) is 0 Å². The van der Waals surface area contributed by atoms with E-state index in [9.17, 15) is 24.0 Å². The molecule has 342 valence electrons. The van der Waals surface area contributed by atoms with E-state index in [1.807, 2.05) is 122 Å². The number of carbonyl (C=O) groups is 5. The van der Waals surface area contributed by atoms with Crippen LogP contribution in [0.15, 0.2) is 82.0 Å². The van der Waals surface area contributed by atoms with Gasteiger partial charge in [-0.05, 0) is 165 Å². The predicted molar refractivity (Wildman–Crippen MR) is 249 cm³/mol. The third-order valence-electron chi connectivity index (χ3n) is 12.3. The number of ether oxygens (including phenoxy) is 2. The first kappa shape index (κ1) is 47.8. The van der Waals surface area contributed by atoms with Crippen LogP contribution in [0.2, 0.25) is 0 Å². The molecule has 3 atom stereocenters. The Labute approximate surface area is 378 Å². The molecule has 0 bridgehead atoms. The lowest BCUT2D eigenvalue weighted by molar-refractivity contribution is -0.129. The molecule has 1 saturated heterocycles. The van der Waals surface area contributed by atoms with Gasteiger partial charge in [-0.1, -0.05) is 36.4 Å². The van der Waals surface area contributed by atoms with Gasteiger partial charge in [-0.15, -0.1) is 5.11 Å². The molecule has 2 aliphatic heterocycles. The Kier molecular flexibility index (Phi) is 15.6. The van der Waals surface area contributed by atoms with Crippen molar-refractivity contribution < 1.29 is 33.4 Å². The van der Waals surface area contributed by atoms with Crippen molar-refractivity contribution in [3.8, 4) is 11.1 Å². The number of piperidine rings is 1. The summed E-state index contributed by atoms with van der Waals surface area (Å²) in [6.45, 7) is 16.5. The van der Waals surface area contributed by atoms with Crippen LogP contribution in [0.4, 0.5) is 15.3 Å². The Morgan fingerprint density at radius 2 is 1.48 bits per heavy atom. The second-order valence-electron chi connectivity index (χ2n) is 19.9. The van der Waals surface area contributed by atoms with Crippen molar-refractivity contribution in [3.05, 3.63) is 89.0 Å². The van der Waals surface area contributed by atoms with Crippen LogP contribution >= 0.6 is 0 Å². The number of ketones is 2. The molecule has 1 saturated carbocycles. The fraction of sp³-hybridized carbons (Fsp3) is 0.529. The van der Waals surface area contributed by atoms with Crippen molar-refractivity contribution in [2.45, 2.75) is 130 Å². The molecular weight excluding hydrogens is 809 g/mol. The summed E-state index contributed by atoms with van der Waals surface area (Å²) in [5.41, 5.74) is 4.90. The van der Waals surface area contributed by atoms with Gasteiger partial charge in [-0.2, -0.15) is 5.11 Å². The normalized spacial score (nSPS) is 20.5. The second kappa shape index (κ2) is 20.9. The van der Waals surface area contributed by atoms with Gasteiger partial charge >= 0.3 is 12.2 Å². The zero-order chi connectivity index (χ0) is 46.2. The maximum Gasteiger partial charge on any atom is 0.410 e. The highest BCUT2D eigenvalue weighted by Gasteiger charge is 2.34. The highest BCUT2D eigenvalue weighted by atomic mass is 16.6. The Balaban J connectivity index is 1.08. The molecule has 64 heavy (non-hydrogen) atoms. The first-order valence-corrected chi connectivity index (χ1v) is 22.9. The van der Waals surface area contributed by atoms with Crippen molar-refractivity contribution in [2.24, 2.45) is 38.9 Å².